The first-order valence-electron chi connectivity index (χ1n) is 11.1. The molecule has 0 aliphatic heterocycles. The Hall–Kier alpha value is -3.35. The maximum absolute atomic E-state index is 12.5. The standard InChI is InChI=1S/C25H30N2O5/c1-3-9-16(24(29)30)14-26-23(28)22(4-2)27-25(31)32-15-21-19-12-7-5-10-17(19)18-11-6-8-13-20(18)21/h5-8,10-13,16,21-22H,3-4,9,14-15H2,1-2H3,(H,26,28)(H,27,31)(H,29,30). The predicted octanol–water partition coefficient (Wildman–Crippen LogP) is 3.92. The van der Waals surface area contributed by atoms with Crippen molar-refractivity contribution in [2.24, 2.45) is 5.92 Å². The highest BCUT2D eigenvalue weighted by Crippen LogP contribution is 2.44. The average molecular weight is 439 g/mol. The zero-order chi connectivity index (χ0) is 23.1. The number of carbonyl (C=O) groups excluding carboxylic acids is 2. The van der Waals surface area contributed by atoms with E-state index in [9.17, 15) is 19.5 Å². The molecule has 2 atom stereocenters. The van der Waals surface area contributed by atoms with Crippen molar-refractivity contribution in [3.05, 3.63) is 59.7 Å². The number of alkyl carbamates (subject to hydrolysis) is 1. The van der Waals surface area contributed by atoms with E-state index in [2.05, 4.69) is 22.8 Å². The van der Waals surface area contributed by atoms with Gasteiger partial charge in [-0.1, -0.05) is 68.8 Å². The fourth-order valence-electron chi connectivity index (χ4n) is 4.14. The maximum Gasteiger partial charge on any atom is 0.407 e. The largest absolute Gasteiger partial charge is 0.481 e. The van der Waals surface area contributed by atoms with Crippen molar-refractivity contribution in [3.63, 3.8) is 0 Å². The topological polar surface area (TPSA) is 105 Å². The van der Waals surface area contributed by atoms with Crippen LogP contribution in [0.25, 0.3) is 11.1 Å². The predicted molar refractivity (Wildman–Crippen MR) is 121 cm³/mol. The number of aliphatic carboxylic acids is 1. The molecule has 0 heterocycles. The number of carbonyl (C=O) groups is 3. The van der Waals surface area contributed by atoms with Crippen LogP contribution in [-0.4, -0.2) is 42.3 Å². The van der Waals surface area contributed by atoms with Gasteiger partial charge in [0.2, 0.25) is 5.91 Å². The number of carboxylic acids is 1. The Kier molecular flexibility index (Phi) is 7.87. The molecule has 0 spiro atoms. The fraction of sp³-hybridized carbons (Fsp3) is 0.400. The summed E-state index contributed by atoms with van der Waals surface area (Å²) in [6.45, 7) is 3.86. The van der Waals surface area contributed by atoms with Crippen LogP contribution in [0.3, 0.4) is 0 Å². The van der Waals surface area contributed by atoms with Gasteiger partial charge >= 0.3 is 12.1 Å². The van der Waals surface area contributed by atoms with Gasteiger partial charge in [-0.3, -0.25) is 9.59 Å². The van der Waals surface area contributed by atoms with E-state index in [1.165, 1.54) is 0 Å². The van der Waals surface area contributed by atoms with Crippen molar-refractivity contribution < 1.29 is 24.2 Å². The summed E-state index contributed by atoms with van der Waals surface area (Å²) < 4.78 is 5.50. The van der Waals surface area contributed by atoms with Gasteiger partial charge < -0.3 is 20.5 Å². The minimum atomic E-state index is -0.940. The zero-order valence-corrected chi connectivity index (χ0v) is 18.5. The van der Waals surface area contributed by atoms with Crippen molar-refractivity contribution in [3.8, 4) is 11.1 Å². The summed E-state index contributed by atoms with van der Waals surface area (Å²) in [5.74, 6) is -2.06. The van der Waals surface area contributed by atoms with E-state index in [1.807, 2.05) is 43.3 Å². The summed E-state index contributed by atoms with van der Waals surface area (Å²) in [5, 5.41) is 14.5. The molecular formula is C25H30N2O5. The quantitative estimate of drug-likeness (QED) is 0.521. The molecule has 7 nitrogen and oxygen atoms in total. The van der Waals surface area contributed by atoms with E-state index in [-0.39, 0.29) is 19.1 Å². The van der Waals surface area contributed by atoms with Crippen molar-refractivity contribution in [2.45, 2.75) is 45.1 Å². The van der Waals surface area contributed by atoms with Crippen LogP contribution in [0.4, 0.5) is 4.79 Å². The Morgan fingerprint density at radius 2 is 1.59 bits per heavy atom. The summed E-state index contributed by atoms with van der Waals surface area (Å²) >= 11 is 0. The molecule has 2 aromatic rings. The first-order chi connectivity index (χ1) is 15.5. The molecule has 2 amide bonds. The lowest BCUT2D eigenvalue weighted by Crippen LogP contribution is -2.48. The zero-order valence-electron chi connectivity index (χ0n) is 18.5. The van der Waals surface area contributed by atoms with E-state index in [1.54, 1.807) is 6.92 Å². The Morgan fingerprint density at radius 3 is 2.12 bits per heavy atom. The smallest absolute Gasteiger partial charge is 0.407 e. The number of hydrogen-bond acceptors (Lipinski definition) is 4. The molecule has 0 radical (unpaired) electrons. The average Bonchev–Trinajstić information content (AvgIpc) is 3.12. The lowest BCUT2D eigenvalue weighted by Gasteiger charge is -2.20. The molecule has 0 fully saturated rings. The third kappa shape index (κ3) is 5.28. The van der Waals surface area contributed by atoms with Crippen LogP contribution in [0.15, 0.2) is 48.5 Å². The Balaban J connectivity index is 1.57. The number of hydrogen-bond donors (Lipinski definition) is 3. The number of rotatable bonds is 10. The minimum Gasteiger partial charge on any atom is -0.481 e. The number of benzene rings is 2. The maximum atomic E-state index is 12.5. The molecule has 3 rings (SSSR count). The number of nitrogens with one attached hydrogen (secondary N) is 2. The van der Waals surface area contributed by atoms with E-state index in [0.29, 0.717) is 19.3 Å². The lowest BCUT2D eigenvalue weighted by atomic mass is 9.98. The van der Waals surface area contributed by atoms with Crippen molar-refractivity contribution in [1.29, 1.82) is 0 Å². The van der Waals surface area contributed by atoms with Crippen LogP contribution in [0.2, 0.25) is 0 Å². The second kappa shape index (κ2) is 10.8. The van der Waals surface area contributed by atoms with Crippen molar-refractivity contribution in [2.75, 3.05) is 13.2 Å². The van der Waals surface area contributed by atoms with Gasteiger partial charge in [0.05, 0.1) is 5.92 Å². The first-order valence-corrected chi connectivity index (χ1v) is 11.1. The third-order valence-electron chi connectivity index (χ3n) is 5.87. The van der Waals surface area contributed by atoms with Gasteiger partial charge in [0.25, 0.3) is 0 Å². The number of ether oxygens (including phenoxy) is 1. The summed E-state index contributed by atoms with van der Waals surface area (Å²) in [5.41, 5.74) is 4.51. The summed E-state index contributed by atoms with van der Waals surface area (Å²) in [6.07, 6.45) is 0.882. The first kappa shape index (κ1) is 23.3. The van der Waals surface area contributed by atoms with Gasteiger partial charge in [-0.05, 0) is 35.1 Å². The van der Waals surface area contributed by atoms with Gasteiger partial charge in [0.15, 0.2) is 0 Å². The molecule has 0 saturated heterocycles. The monoisotopic (exact) mass is 438 g/mol. The van der Waals surface area contributed by atoms with Crippen LogP contribution < -0.4 is 10.6 Å². The van der Waals surface area contributed by atoms with Gasteiger partial charge in [-0.2, -0.15) is 0 Å². The highest BCUT2D eigenvalue weighted by atomic mass is 16.5. The van der Waals surface area contributed by atoms with Crippen LogP contribution in [0.1, 0.15) is 50.2 Å². The Bertz CT molecular complexity index is 929. The van der Waals surface area contributed by atoms with E-state index < -0.39 is 29.9 Å². The number of carboxylic acid groups (broad SMARTS) is 1. The van der Waals surface area contributed by atoms with E-state index in [4.69, 9.17) is 4.74 Å². The summed E-state index contributed by atoms with van der Waals surface area (Å²) in [7, 11) is 0. The van der Waals surface area contributed by atoms with E-state index in [0.717, 1.165) is 22.3 Å². The summed E-state index contributed by atoms with van der Waals surface area (Å²) in [6, 6.07) is 15.3. The van der Waals surface area contributed by atoms with Crippen LogP contribution >= 0.6 is 0 Å². The van der Waals surface area contributed by atoms with Crippen LogP contribution in [0, 0.1) is 5.92 Å². The van der Waals surface area contributed by atoms with Gasteiger partial charge in [-0.25, -0.2) is 4.79 Å². The molecular weight excluding hydrogens is 408 g/mol. The number of fused-ring (bicyclic) bond motifs is 3. The second-order valence-electron chi connectivity index (χ2n) is 8.00. The highest BCUT2D eigenvalue weighted by molar-refractivity contribution is 5.86. The molecule has 0 saturated carbocycles. The molecule has 1 aliphatic rings. The SMILES string of the molecule is CCCC(CNC(=O)C(CC)NC(=O)OCC1c2ccccc2-c2ccccc21)C(=O)O. The normalized spacial score (nSPS) is 14.1. The van der Waals surface area contributed by atoms with Crippen molar-refractivity contribution in [1.82, 2.24) is 10.6 Å². The van der Waals surface area contributed by atoms with Gasteiger partial charge in [0, 0.05) is 12.5 Å². The van der Waals surface area contributed by atoms with Crippen molar-refractivity contribution >= 4 is 18.0 Å². The minimum absolute atomic E-state index is 0.0326. The van der Waals surface area contributed by atoms with Gasteiger partial charge in [-0.15, -0.1) is 0 Å². The van der Waals surface area contributed by atoms with Crippen LogP contribution in [0.5, 0.6) is 0 Å². The molecule has 7 heteroatoms. The highest BCUT2D eigenvalue weighted by Gasteiger charge is 2.29. The molecule has 170 valence electrons. The Labute approximate surface area is 188 Å². The summed E-state index contributed by atoms with van der Waals surface area (Å²) in [4.78, 5) is 36.2. The fourth-order valence-corrected chi connectivity index (χ4v) is 4.14. The third-order valence-corrected chi connectivity index (χ3v) is 5.87. The molecule has 32 heavy (non-hydrogen) atoms. The Morgan fingerprint density at radius 1 is 1.00 bits per heavy atom. The molecule has 2 aromatic carbocycles. The van der Waals surface area contributed by atoms with E-state index >= 15 is 0 Å². The lowest BCUT2D eigenvalue weighted by molar-refractivity contribution is -0.142. The molecule has 0 aromatic heterocycles. The van der Waals surface area contributed by atoms with Gasteiger partial charge in [0.1, 0.15) is 12.6 Å². The molecule has 1 aliphatic carbocycles. The molecule has 3 N–H and O–H groups in total. The molecule has 0 bridgehead atoms. The van der Waals surface area contributed by atoms with Crippen LogP contribution in [-0.2, 0) is 14.3 Å². The number of amides is 2. The molecule has 2 unspecified atom stereocenters. The second-order valence-corrected chi connectivity index (χ2v) is 8.00.